The molecule has 0 aliphatic carbocycles. The van der Waals surface area contributed by atoms with Crippen molar-refractivity contribution in [3.8, 4) is 0 Å². The molecule has 0 aromatic heterocycles. The lowest BCUT2D eigenvalue weighted by atomic mass is 10.1. The van der Waals surface area contributed by atoms with Gasteiger partial charge in [-0.25, -0.2) is 4.57 Å². The van der Waals surface area contributed by atoms with Crippen LogP contribution in [-0.4, -0.2) is 66.5 Å². The Labute approximate surface area is 447 Å². The summed E-state index contributed by atoms with van der Waals surface area (Å²) >= 11 is 0. The molecule has 0 aliphatic heterocycles. The maximum Gasteiger partial charge on any atom is 0.472 e. The largest absolute Gasteiger partial charge is 0.472 e. The summed E-state index contributed by atoms with van der Waals surface area (Å²) in [5.41, 5.74) is 0. The Kier molecular flexibility index (Phi) is 50.8. The number of esters is 3. The van der Waals surface area contributed by atoms with Crippen LogP contribution >= 0.6 is 7.82 Å². The van der Waals surface area contributed by atoms with Crippen molar-refractivity contribution < 1.29 is 52.2 Å². The number of hydrogen-bond acceptors (Lipinski definition) is 10. The van der Waals surface area contributed by atoms with Crippen LogP contribution in [0.15, 0.2) is 158 Å². The van der Waals surface area contributed by atoms with E-state index < -0.39 is 64.4 Å². The minimum absolute atomic E-state index is 0.0841. The van der Waals surface area contributed by atoms with Gasteiger partial charge < -0.3 is 24.2 Å². The molecule has 0 saturated heterocycles. The number of unbranched alkanes of at least 4 members (excludes halogenated alkanes) is 6. The van der Waals surface area contributed by atoms with E-state index in [2.05, 4.69) is 154 Å². The van der Waals surface area contributed by atoms with Gasteiger partial charge in [-0.1, -0.05) is 192 Å². The van der Waals surface area contributed by atoms with Crippen LogP contribution in [-0.2, 0) is 42.2 Å². The molecule has 0 aromatic rings. The number of carbonyl (C=O) groups excluding carboxylic acids is 3. The Morgan fingerprint density at radius 1 is 0.392 bits per heavy atom. The van der Waals surface area contributed by atoms with Gasteiger partial charge in [-0.05, 0) is 122 Å². The maximum absolute atomic E-state index is 12.9. The van der Waals surface area contributed by atoms with Crippen molar-refractivity contribution in [2.45, 2.75) is 187 Å². The van der Waals surface area contributed by atoms with Gasteiger partial charge >= 0.3 is 25.7 Å². The first-order valence-electron chi connectivity index (χ1n) is 27.4. The molecule has 12 heteroatoms. The normalized spacial score (nSPS) is 14.6. The van der Waals surface area contributed by atoms with E-state index in [0.717, 1.165) is 116 Å². The topological polar surface area (TPSA) is 155 Å². The first-order valence-corrected chi connectivity index (χ1v) is 28.9. The van der Waals surface area contributed by atoms with Crippen molar-refractivity contribution in [2.75, 3.05) is 26.4 Å². The minimum Gasteiger partial charge on any atom is -0.462 e. The standard InChI is InChI=1S/C62H95O11P/c1-4-7-10-13-16-19-22-25-27-28-29-30-32-34-36-39-42-45-48-51-60(64)69-55-59(73-62(66)53-50-47-44-41-38-35-31-26-23-20-17-14-11-8-5-2)57-71-74(67,68)70-56-58(54-63)72-61(65)52-49-46-43-40-37-33-24-21-18-15-12-9-6-3/h7-12,16-21,25-27,29-31,33-34,36-38,41,47,50,58-59,63H,4-6,13-15,22-24,28,32,35,39-40,42-46,48-49,51-57H2,1-3H3,(H,67,68)/b10-7-,11-8-,12-9-,19-16-,20-17-,21-18-,27-25-,30-29-,31-26-,36-34-,37-33-,41-38-,50-47-. The quantitative estimate of drug-likeness (QED) is 0.0197. The molecular formula is C62H95O11P. The molecule has 0 heterocycles. The van der Waals surface area contributed by atoms with Gasteiger partial charge in [0.05, 0.1) is 26.2 Å². The molecule has 0 fully saturated rings. The second-order valence-electron chi connectivity index (χ2n) is 17.3. The third-order valence-electron chi connectivity index (χ3n) is 10.5. The summed E-state index contributed by atoms with van der Waals surface area (Å²) in [7, 11) is -4.80. The summed E-state index contributed by atoms with van der Waals surface area (Å²) in [4.78, 5) is 48.4. The van der Waals surface area contributed by atoms with E-state index in [1.54, 1.807) is 6.08 Å². The number of rotatable bonds is 48. The van der Waals surface area contributed by atoms with Crippen LogP contribution in [0.2, 0.25) is 0 Å². The number of carbonyl (C=O) groups is 3. The summed E-state index contributed by atoms with van der Waals surface area (Å²) in [6.45, 7) is 4.07. The molecule has 0 saturated carbocycles. The highest BCUT2D eigenvalue weighted by Gasteiger charge is 2.28. The molecule has 0 bridgehead atoms. The fourth-order valence-corrected chi connectivity index (χ4v) is 7.19. The Morgan fingerprint density at radius 3 is 1.09 bits per heavy atom. The Bertz CT molecular complexity index is 1840. The van der Waals surface area contributed by atoms with Gasteiger partial charge in [0, 0.05) is 12.8 Å². The van der Waals surface area contributed by atoms with Gasteiger partial charge in [-0.2, -0.15) is 0 Å². The van der Waals surface area contributed by atoms with Crippen molar-refractivity contribution in [1.29, 1.82) is 0 Å². The number of allylic oxidation sites excluding steroid dienone is 25. The third-order valence-corrected chi connectivity index (χ3v) is 11.4. The fraction of sp³-hybridized carbons (Fsp3) is 0.532. The SMILES string of the molecule is CC/C=C\C/C=C\C/C=C\C/C=C\C/C=C\CCCCCC(=O)OCC(COP(=O)(O)OCC(CO)OC(=O)CCCCC/C=C\C/C=C\C/C=C\CC)OC(=O)C/C=C\C/C=C\C/C=C\C/C=C\C/C=C\CC. The second kappa shape index (κ2) is 54.4. The van der Waals surface area contributed by atoms with E-state index in [9.17, 15) is 28.9 Å². The van der Waals surface area contributed by atoms with Gasteiger partial charge in [-0.15, -0.1) is 0 Å². The number of ether oxygens (including phenoxy) is 3. The molecule has 2 N–H and O–H groups in total. The molecule has 3 unspecified atom stereocenters. The zero-order valence-electron chi connectivity index (χ0n) is 45.5. The van der Waals surface area contributed by atoms with E-state index in [1.165, 1.54) is 0 Å². The molecule has 0 spiro atoms. The molecule has 0 rings (SSSR count). The second-order valence-corrected chi connectivity index (χ2v) is 18.7. The summed E-state index contributed by atoms with van der Waals surface area (Å²) in [5, 5.41) is 9.79. The molecule has 0 aliphatic rings. The Balaban J connectivity index is 4.95. The number of phosphoric ester groups is 1. The van der Waals surface area contributed by atoms with Gasteiger partial charge in [0.1, 0.15) is 12.7 Å². The smallest absolute Gasteiger partial charge is 0.462 e. The van der Waals surface area contributed by atoms with Crippen LogP contribution in [0.25, 0.3) is 0 Å². The van der Waals surface area contributed by atoms with Gasteiger partial charge in [0.25, 0.3) is 0 Å². The number of aliphatic hydroxyl groups is 1. The summed E-state index contributed by atoms with van der Waals surface area (Å²) in [5.74, 6) is -1.71. The van der Waals surface area contributed by atoms with Crippen LogP contribution < -0.4 is 0 Å². The predicted octanol–water partition coefficient (Wildman–Crippen LogP) is 16.1. The summed E-state index contributed by atoms with van der Waals surface area (Å²) in [6, 6.07) is 0. The molecule has 0 radical (unpaired) electrons. The molecular weight excluding hydrogens is 952 g/mol. The average Bonchev–Trinajstić information content (AvgIpc) is 3.39. The number of phosphoric acid groups is 1. The maximum atomic E-state index is 12.9. The number of hydrogen-bond donors (Lipinski definition) is 2. The summed E-state index contributed by atoms with van der Waals surface area (Å²) < 4.78 is 39.2. The number of aliphatic hydroxyl groups excluding tert-OH is 1. The van der Waals surface area contributed by atoms with E-state index in [1.807, 2.05) is 18.2 Å². The van der Waals surface area contributed by atoms with E-state index in [4.69, 9.17) is 23.3 Å². The van der Waals surface area contributed by atoms with Crippen molar-refractivity contribution in [3.05, 3.63) is 158 Å². The molecule has 74 heavy (non-hydrogen) atoms. The predicted molar refractivity (Wildman–Crippen MR) is 306 cm³/mol. The van der Waals surface area contributed by atoms with Gasteiger partial charge in [0.2, 0.25) is 0 Å². The molecule has 0 aromatic carbocycles. The van der Waals surface area contributed by atoms with Crippen molar-refractivity contribution in [1.82, 2.24) is 0 Å². The third kappa shape index (κ3) is 52.0. The van der Waals surface area contributed by atoms with Gasteiger partial charge in [0.15, 0.2) is 6.10 Å². The fourth-order valence-electron chi connectivity index (χ4n) is 6.41. The molecule has 3 atom stereocenters. The van der Waals surface area contributed by atoms with E-state index in [-0.39, 0.29) is 19.3 Å². The summed E-state index contributed by atoms with van der Waals surface area (Å²) in [6.07, 6.45) is 71.0. The lowest BCUT2D eigenvalue weighted by Crippen LogP contribution is -2.30. The van der Waals surface area contributed by atoms with E-state index >= 15 is 0 Å². The highest BCUT2D eigenvalue weighted by atomic mass is 31.2. The van der Waals surface area contributed by atoms with Crippen molar-refractivity contribution in [2.24, 2.45) is 0 Å². The van der Waals surface area contributed by atoms with Crippen molar-refractivity contribution in [3.63, 3.8) is 0 Å². The molecule has 0 amide bonds. The minimum atomic E-state index is -4.80. The van der Waals surface area contributed by atoms with Crippen LogP contribution in [0.1, 0.15) is 175 Å². The van der Waals surface area contributed by atoms with Gasteiger partial charge in [-0.3, -0.25) is 23.4 Å². The zero-order chi connectivity index (χ0) is 54.1. The molecule has 11 nitrogen and oxygen atoms in total. The Morgan fingerprint density at radius 2 is 0.716 bits per heavy atom. The van der Waals surface area contributed by atoms with Crippen LogP contribution in [0, 0.1) is 0 Å². The zero-order valence-corrected chi connectivity index (χ0v) is 46.4. The lowest BCUT2D eigenvalue weighted by Gasteiger charge is -2.21. The van der Waals surface area contributed by atoms with Crippen LogP contribution in [0.3, 0.4) is 0 Å². The highest BCUT2D eigenvalue weighted by molar-refractivity contribution is 7.47. The first-order chi connectivity index (χ1) is 36.2. The lowest BCUT2D eigenvalue weighted by molar-refractivity contribution is -0.160. The van der Waals surface area contributed by atoms with Crippen molar-refractivity contribution >= 4 is 25.7 Å². The molecule has 414 valence electrons. The van der Waals surface area contributed by atoms with Crippen LogP contribution in [0.5, 0.6) is 0 Å². The first kappa shape index (κ1) is 69.1. The Hall–Kier alpha value is -4.90. The van der Waals surface area contributed by atoms with Crippen LogP contribution in [0.4, 0.5) is 0 Å². The van der Waals surface area contributed by atoms with E-state index in [0.29, 0.717) is 19.3 Å². The highest BCUT2D eigenvalue weighted by Crippen LogP contribution is 2.43. The average molecular weight is 1050 g/mol. The monoisotopic (exact) mass is 1050 g/mol.